The molecule has 4 rings (SSSR count). The lowest BCUT2D eigenvalue weighted by molar-refractivity contribution is -0.00704. The second-order valence-corrected chi connectivity index (χ2v) is 7.14. The van der Waals surface area contributed by atoms with E-state index in [2.05, 4.69) is 22.0 Å². The van der Waals surface area contributed by atoms with Gasteiger partial charge in [-0.1, -0.05) is 12.8 Å². The van der Waals surface area contributed by atoms with Crippen LogP contribution in [0.5, 0.6) is 0 Å². The third kappa shape index (κ3) is 2.35. The van der Waals surface area contributed by atoms with Crippen molar-refractivity contribution < 1.29 is 9.53 Å². The Morgan fingerprint density at radius 2 is 1.86 bits per heavy atom. The van der Waals surface area contributed by atoms with Gasteiger partial charge in [-0.25, -0.2) is 0 Å². The van der Waals surface area contributed by atoms with E-state index in [1.807, 2.05) is 6.92 Å². The van der Waals surface area contributed by atoms with Gasteiger partial charge >= 0.3 is 0 Å². The highest BCUT2D eigenvalue weighted by atomic mass is 16.5. The molecule has 0 bridgehead atoms. The molecule has 1 aliphatic heterocycles. The molecule has 3 aliphatic rings. The van der Waals surface area contributed by atoms with E-state index in [4.69, 9.17) is 4.74 Å². The minimum atomic E-state index is -0.00587. The summed E-state index contributed by atoms with van der Waals surface area (Å²) < 4.78 is 5.83. The molecule has 0 unspecified atom stereocenters. The molecule has 0 radical (unpaired) electrons. The molecule has 1 aromatic rings. The molecule has 2 atom stereocenters. The smallest absolute Gasteiger partial charge is 0.275 e. The average Bonchev–Trinajstić information content (AvgIpc) is 2.99. The maximum Gasteiger partial charge on any atom is 0.275 e. The molecular weight excluding hydrogens is 278 g/mol. The largest absolute Gasteiger partial charge is 0.369 e. The van der Waals surface area contributed by atoms with Crippen LogP contribution in [0.2, 0.25) is 0 Å². The third-order valence-electron chi connectivity index (χ3n) is 5.33. The van der Waals surface area contributed by atoms with E-state index >= 15 is 0 Å². The summed E-state index contributed by atoms with van der Waals surface area (Å²) in [6, 6.07) is 0.889. The minimum absolute atomic E-state index is 0.00587. The van der Waals surface area contributed by atoms with Crippen LogP contribution < -0.4 is 0 Å². The number of aromatic amines is 1. The fraction of sp³-hybridized carbons (Fsp3) is 0.765. The number of aromatic nitrogens is 2. The van der Waals surface area contributed by atoms with Gasteiger partial charge in [0, 0.05) is 24.1 Å². The lowest BCUT2D eigenvalue weighted by Gasteiger charge is -2.30. The molecule has 1 amide bonds. The molecule has 120 valence electrons. The number of carbonyl (C=O) groups excluding carboxylic acids is 1. The van der Waals surface area contributed by atoms with Crippen LogP contribution in [0.25, 0.3) is 0 Å². The van der Waals surface area contributed by atoms with Crippen molar-refractivity contribution in [2.24, 2.45) is 0 Å². The SMILES string of the molecule is C[C@@H]1Cc2c(C(=O)N(C3CCCC3)C3CC3)n[nH]c2[C@H](C)O1. The molecule has 22 heavy (non-hydrogen) atoms. The first-order chi connectivity index (χ1) is 10.6. The number of H-pyrrole nitrogens is 1. The maximum absolute atomic E-state index is 13.2. The molecule has 5 heteroatoms. The highest BCUT2D eigenvalue weighted by Crippen LogP contribution is 2.37. The van der Waals surface area contributed by atoms with Crippen molar-refractivity contribution in [1.29, 1.82) is 0 Å². The van der Waals surface area contributed by atoms with Gasteiger partial charge in [0.05, 0.1) is 17.9 Å². The van der Waals surface area contributed by atoms with E-state index in [0.29, 0.717) is 17.8 Å². The topological polar surface area (TPSA) is 58.2 Å². The van der Waals surface area contributed by atoms with Gasteiger partial charge in [-0.2, -0.15) is 5.10 Å². The fourth-order valence-electron chi connectivity index (χ4n) is 4.14. The van der Waals surface area contributed by atoms with Gasteiger partial charge in [0.25, 0.3) is 5.91 Å². The first-order valence-corrected chi connectivity index (χ1v) is 8.70. The zero-order valence-electron chi connectivity index (χ0n) is 13.5. The van der Waals surface area contributed by atoms with Gasteiger partial charge < -0.3 is 9.64 Å². The van der Waals surface area contributed by atoms with Crippen LogP contribution in [0.4, 0.5) is 0 Å². The van der Waals surface area contributed by atoms with E-state index in [1.165, 1.54) is 12.8 Å². The molecule has 0 spiro atoms. The van der Waals surface area contributed by atoms with Crippen LogP contribution in [0.3, 0.4) is 0 Å². The van der Waals surface area contributed by atoms with Crippen LogP contribution in [0.1, 0.15) is 80.2 Å². The number of fused-ring (bicyclic) bond motifs is 1. The molecule has 0 saturated heterocycles. The van der Waals surface area contributed by atoms with Gasteiger partial charge in [0.15, 0.2) is 5.69 Å². The quantitative estimate of drug-likeness (QED) is 0.934. The number of hydrogen-bond acceptors (Lipinski definition) is 3. The Labute approximate surface area is 131 Å². The van der Waals surface area contributed by atoms with Crippen LogP contribution in [0, 0.1) is 0 Å². The summed E-state index contributed by atoms with van der Waals surface area (Å²) in [5, 5.41) is 7.45. The number of rotatable bonds is 3. The van der Waals surface area contributed by atoms with E-state index < -0.39 is 0 Å². The van der Waals surface area contributed by atoms with Crippen molar-refractivity contribution in [2.45, 2.75) is 83.1 Å². The molecule has 2 saturated carbocycles. The minimum Gasteiger partial charge on any atom is -0.369 e. The fourth-order valence-corrected chi connectivity index (χ4v) is 4.14. The predicted molar refractivity (Wildman–Crippen MR) is 82.7 cm³/mol. The number of nitrogens with one attached hydrogen (secondary N) is 1. The lowest BCUT2D eigenvalue weighted by atomic mass is 9.99. The summed E-state index contributed by atoms with van der Waals surface area (Å²) in [7, 11) is 0. The summed E-state index contributed by atoms with van der Waals surface area (Å²) >= 11 is 0. The molecule has 1 aromatic heterocycles. The number of nitrogens with zero attached hydrogens (tertiary/aromatic N) is 2. The van der Waals surface area contributed by atoms with E-state index in [9.17, 15) is 4.79 Å². The summed E-state index contributed by atoms with van der Waals surface area (Å²) in [6.45, 7) is 4.09. The number of carbonyl (C=O) groups is 1. The molecule has 1 N–H and O–H groups in total. The number of ether oxygens (including phenoxy) is 1. The summed E-state index contributed by atoms with van der Waals surface area (Å²) in [5.41, 5.74) is 2.72. The van der Waals surface area contributed by atoms with Gasteiger partial charge in [0.2, 0.25) is 0 Å². The highest BCUT2D eigenvalue weighted by Gasteiger charge is 2.41. The Bertz CT molecular complexity index is 572. The van der Waals surface area contributed by atoms with Crippen LogP contribution in [-0.2, 0) is 11.2 Å². The monoisotopic (exact) mass is 303 g/mol. The van der Waals surface area contributed by atoms with Gasteiger partial charge in [-0.3, -0.25) is 9.89 Å². The molecule has 2 heterocycles. The number of hydrogen-bond donors (Lipinski definition) is 1. The van der Waals surface area contributed by atoms with Gasteiger partial charge in [-0.15, -0.1) is 0 Å². The Morgan fingerprint density at radius 3 is 2.55 bits per heavy atom. The zero-order valence-corrected chi connectivity index (χ0v) is 13.5. The molecule has 2 aliphatic carbocycles. The highest BCUT2D eigenvalue weighted by molar-refractivity contribution is 5.94. The molecule has 0 aromatic carbocycles. The Balaban J connectivity index is 1.64. The standard InChI is InChI=1S/C17H25N3O2/c1-10-9-14-15(11(2)22-10)18-19-16(14)17(21)20(13-7-8-13)12-5-3-4-6-12/h10-13H,3-9H2,1-2H3,(H,18,19)/t10-,11+/m1/s1. The Hall–Kier alpha value is -1.36. The first-order valence-electron chi connectivity index (χ1n) is 8.70. The maximum atomic E-state index is 13.2. The van der Waals surface area contributed by atoms with E-state index in [1.54, 1.807) is 0 Å². The Kier molecular flexibility index (Phi) is 3.48. The van der Waals surface area contributed by atoms with Crippen molar-refractivity contribution in [3.8, 4) is 0 Å². The van der Waals surface area contributed by atoms with Crippen LogP contribution in [0.15, 0.2) is 0 Å². The van der Waals surface area contributed by atoms with Crippen molar-refractivity contribution in [3.05, 3.63) is 17.0 Å². The van der Waals surface area contributed by atoms with Crippen molar-refractivity contribution in [3.63, 3.8) is 0 Å². The second kappa shape index (κ2) is 5.37. The zero-order chi connectivity index (χ0) is 15.3. The predicted octanol–water partition coefficient (Wildman–Crippen LogP) is 2.98. The average molecular weight is 303 g/mol. The van der Waals surface area contributed by atoms with Gasteiger partial charge in [0.1, 0.15) is 0 Å². The van der Waals surface area contributed by atoms with E-state index in [-0.39, 0.29) is 18.1 Å². The van der Waals surface area contributed by atoms with Crippen molar-refractivity contribution in [1.82, 2.24) is 15.1 Å². The molecule has 5 nitrogen and oxygen atoms in total. The first kappa shape index (κ1) is 14.2. The number of amides is 1. The van der Waals surface area contributed by atoms with E-state index in [0.717, 1.165) is 43.4 Å². The summed E-state index contributed by atoms with van der Waals surface area (Å²) in [6.07, 6.45) is 8.05. The van der Waals surface area contributed by atoms with Crippen LogP contribution >= 0.6 is 0 Å². The molecular formula is C17H25N3O2. The van der Waals surface area contributed by atoms with Crippen LogP contribution in [-0.4, -0.2) is 39.2 Å². The van der Waals surface area contributed by atoms with Crippen molar-refractivity contribution in [2.75, 3.05) is 0 Å². The normalized spacial score (nSPS) is 28.6. The van der Waals surface area contributed by atoms with Gasteiger partial charge in [-0.05, 0) is 39.5 Å². The van der Waals surface area contributed by atoms with Crippen molar-refractivity contribution >= 4 is 5.91 Å². The lowest BCUT2D eigenvalue weighted by Crippen LogP contribution is -2.41. The summed E-state index contributed by atoms with van der Waals surface area (Å²) in [4.78, 5) is 15.3. The summed E-state index contributed by atoms with van der Waals surface area (Å²) in [5.74, 6) is 0.146. The second-order valence-electron chi connectivity index (χ2n) is 7.14. The Morgan fingerprint density at radius 1 is 1.18 bits per heavy atom. The third-order valence-corrected chi connectivity index (χ3v) is 5.33. The molecule has 2 fully saturated rings.